The van der Waals surface area contributed by atoms with Crippen LogP contribution in [0, 0.1) is 6.92 Å². The predicted molar refractivity (Wildman–Crippen MR) is 124 cm³/mol. The Labute approximate surface area is 191 Å². The van der Waals surface area contributed by atoms with Crippen molar-refractivity contribution in [2.24, 2.45) is 0 Å². The monoisotopic (exact) mass is 449 g/mol. The van der Waals surface area contributed by atoms with Crippen LogP contribution in [0.2, 0.25) is 5.02 Å². The second-order valence-corrected chi connectivity index (χ2v) is 8.56. The average Bonchev–Trinajstić information content (AvgIpc) is 3.44. The third-order valence-corrected chi connectivity index (χ3v) is 6.51. The maximum Gasteiger partial charge on any atom is 0.271 e. The van der Waals surface area contributed by atoms with Crippen molar-refractivity contribution in [1.29, 1.82) is 0 Å². The van der Waals surface area contributed by atoms with E-state index in [-0.39, 0.29) is 11.9 Å². The molecule has 1 saturated heterocycles. The first-order valence-electron chi connectivity index (χ1n) is 10.7. The summed E-state index contributed by atoms with van der Waals surface area (Å²) in [5.41, 5.74) is 3.44. The van der Waals surface area contributed by atoms with Gasteiger partial charge in [-0.3, -0.25) is 9.69 Å². The number of H-pyrrole nitrogens is 1. The largest absolute Gasteiger partial charge is 0.349 e. The fourth-order valence-corrected chi connectivity index (χ4v) is 4.40. The van der Waals surface area contributed by atoms with E-state index < -0.39 is 0 Å². The SMILES string of the molecule is Cc1ccc(-c2noc(C(C)N3CCN(C(=O)c4[nH]c5ccccc5c4Cl)CC3)n2)cc1. The van der Waals surface area contributed by atoms with E-state index in [4.69, 9.17) is 16.1 Å². The second kappa shape index (κ2) is 8.41. The van der Waals surface area contributed by atoms with Crippen LogP contribution in [0.1, 0.15) is 34.9 Å². The molecule has 1 atom stereocenters. The van der Waals surface area contributed by atoms with Gasteiger partial charge < -0.3 is 14.4 Å². The first-order chi connectivity index (χ1) is 15.5. The van der Waals surface area contributed by atoms with E-state index >= 15 is 0 Å². The molecule has 1 N–H and O–H groups in total. The minimum Gasteiger partial charge on any atom is -0.349 e. The van der Waals surface area contributed by atoms with Crippen molar-refractivity contribution in [2.75, 3.05) is 26.2 Å². The highest BCUT2D eigenvalue weighted by atomic mass is 35.5. The quantitative estimate of drug-likeness (QED) is 0.488. The number of carbonyl (C=O) groups is 1. The number of benzene rings is 2. The van der Waals surface area contributed by atoms with Crippen LogP contribution in [-0.2, 0) is 0 Å². The Hall–Kier alpha value is -3.16. The minimum atomic E-state index is -0.0713. The van der Waals surface area contributed by atoms with Gasteiger partial charge in [0, 0.05) is 42.6 Å². The van der Waals surface area contributed by atoms with Crippen molar-refractivity contribution >= 4 is 28.4 Å². The van der Waals surface area contributed by atoms with Gasteiger partial charge in [0.25, 0.3) is 5.91 Å². The Morgan fingerprint density at radius 2 is 1.81 bits per heavy atom. The highest BCUT2D eigenvalue weighted by Crippen LogP contribution is 2.29. The number of carbonyl (C=O) groups excluding carboxylic acids is 1. The van der Waals surface area contributed by atoms with Crippen LogP contribution in [0.15, 0.2) is 53.1 Å². The van der Waals surface area contributed by atoms with Gasteiger partial charge in [0.1, 0.15) is 5.69 Å². The average molecular weight is 450 g/mol. The molecule has 1 fully saturated rings. The van der Waals surface area contributed by atoms with Crippen LogP contribution in [0.25, 0.3) is 22.3 Å². The number of piperazine rings is 1. The Morgan fingerprint density at radius 3 is 2.53 bits per heavy atom. The summed E-state index contributed by atoms with van der Waals surface area (Å²) in [6.07, 6.45) is 0. The van der Waals surface area contributed by atoms with Gasteiger partial charge in [0.15, 0.2) is 0 Å². The molecule has 0 aliphatic carbocycles. The Kier molecular flexibility index (Phi) is 5.45. The molecule has 0 bridgehead atoms. The van der Waals surface area contributed by atoms with Gasteiger partial charge in [0.05, 0.1) is 11.1 Å². The number of halogens is 1. The number of rotatable bonds is 4. The lowest BCUT2D eigenvalue weighted by atomic mass is 10.1. The Balaban J connectivity index is 1.25. The summed E-state index contributed by atoms with van der Waals surface area (Å²) < 4.78 is 5.55. The first kappa shape index (κ1) is 20.7. The van der Waals surface area contributed by atoms with E-state index in [2.05, 4.69) is 26.9 Å². The van der Waals surface area contributed by atoms with Crippen LogP contribution < -0.4 is 0 Å². The van der Waals surface area contributed by atoms with Crippen molar-refractivity contribution in [1.82, 2.24) is 24.9 Å². The molecule has 1 unspecified atom stereocenters. The smallest absolute Gasteiger partial charge is 0.271 e. The number of amides is 1. The van der Waals surface area contributed by atoms with E-state index in [1.807, 2.05) is 60.4 Å². The number of aromatic nitrogens is 3. The molecule has 7 nitrogen and oxygen atoms in total. The molecule has 4 aromatic rings. The minimum absolute atomic E-state index is 0.0318. The summed E-state index contributed by atoms with van der Waals surface area (Å²) in [6, 6.07) is 15.7. The van der Waals surface area contributed by atoms with Crippen LogP contribution in [0.3, 0.4) is 0 Å². The van der Waals surface area contributed by atoms with Gasteiger partial charge >= 0.3 is 0 Å². The molecule has 1 aliphatic rings. The lowest BCUT2D eigenvalue weighted by Gasteiger charge is -2.36. The second-order valence-electron chi connectivity index (χ2n) is 8.19. The maximum atomic E-state index is 13.1. The van der Waals surface area contributed by atoms with Crippen molar-refractivity contribution < 1.29 is 9.32 Å². The summed E-state index contributed by atoms with van der Waals surface area (Å²) in [4.78, 5) is 24.9. The lowest BCUT2D eigenvalue weighted by Crippen LogP contribution is -2.49. The molecular formula is C24H24ClN5O2. The molecule has 164 valence electrons. The molecule has 0 radical (unpaired) electrons. The van der Waals surface area contributed by atoms with Crippen LogP contribution in [-0.4, -0.2) is 57.0 Å². The van der Waals surface area contributed by atoms with Gasteiger partial charge in [-0.2, -0.15) is 4.98 Å². The van der Waals surface area contributed by atoms with Crippen LogP contribution in [0.5, 0.6) is 0 Å². The molecule has 2 aromatic carbocycles. The van der Waals surface area contributed by atoms with Gasteiger partial charge in [-0.1, -0.05) is 64.8 Å². The fourth-order valence-electron chi connectivity index (χ4n) is 4.11. The van der Waals surface area contributed by atoms with Crippen molar-refractivity contribution in [3.63, 3.8) is 0 Å². The van der Waals surface area contributed by atoms with Crippen molar-refractivity contribution in [3.8, 4) is 11.4 Å². The molecule has 3 heterocycles. The first-order valence-corrected chi connectivity index (χ1v) is 11.1. The fraction of sp³-hybridized carbons (Fsp3) is 0.292. The van der Waals surface area contributed by atoms with E-state index in [1.165, 1.54) is 5.56 Å². The van der Waals surface area contributed by atoms with Gasteiger partial charge in [-0.05, 0) is 19.9 Å². The third kappa shape index (κ3) is 3.78. The molecule has 1 aliphatic heterocycles. The van der Waals surface area contributed by atoms with E-state index in [9.17, 15) is 4.79 Å². The molecule has 5 rings (SSSR count). The molecule has 8 heteroatoms. The summed E-state index contributed by atoms with van der Waals surface area (Å²) in [5.74, 6) is 1.10. The number of hydrogen-bond donors (Lipinski definition) is 1. The molecule has 2 aromatic heterocycles. The van der Waals surface area contributed by atoms with Crippen LogP contribution >= 0.6 is 11.6 Å². The highest BCUT2D eigenvalue weighted by Gasteiger charge is 2.29. The standard InChI is InChI=1S/C24H24ClN5O2/c1-15-7-9-17(10-8-15)22-27-23(32-28-22)16(2)29-11-13-30(14-12-29)24(31)21-20(25)18-5-3-4-6-19(18)26-21/h3-10,16,26H,11-14H2,1-2H3. The lowest BCUT2D eigenvalue weighted by molar-refractivity contribution is 0.0547. The summed E-state index contributed by atoms with van der Waals surface area (Å²) >= 11 is 6.48. The number of para-hydroxylation sites is 1. The summed E-state index contributed by atoms with van der Waals surface area (Å²) in [6.45, 7) is 6.74. The number of fused-ring (bicyclic) bond motifs is 1. The Morgan fingerprint density at radius 1 is 1.09 bits per heavy atom. The van der Waals surface area contributed by atoms with Crippen molar-refractivity contribution in [2.45, 2.75) is 19.9 Å². The molecular weight excluding hydrogens is 426 g/mol. The van der Waals surface area contributed by atoms with E-state index in [0.717, 1.165) is 16.5 Å². The molecule has 0 spiro atoms. The highest BCUT2D eigenvalue weighted by molar-refractivity contribution is 6.38. The number of aryl methyl sites for hydroxylation is 1. The summed E-state index contributed by atoms with van der Waals surface area (Å²) in [5, 5.41) is 5.50. The third-order valence-electron chi connectivity index (χ3n) is 6.11. The summed E-state index contributed by atoms with van der Waals surface area (Å²) in [7, 11) is 0. The van der Waals surface area contributed by atoms with Gasteiger partial charge in [-0.25, -0.2) is 0 Å². The topological polar surface area (TPSA) is 78.3 Å². The number of aromatic amines is 1. The zero-order valence-electron chi connectivity index (χ0n) is 18.0. The van der Waals surface area contributed by atoms with Gasteiger partial charge in [-0.15, -0.1) is 0 Å². The van der Waals surface area contributed by atoms with E-state index in [0.29, 0.717) is 48.6 Å². The van der Waals surface area contributed by atoms with E-state index in [1.54, 1.807) is 0 Å². The number of nitrogens with zero attached hydrogens (tertiary/aromatic N) is 4. The van der Waals surface area contributed by atoms with Crippen molar-refractivity contribution in [3.05, 3.63) is 70.7 Å². The zero-order chi connectivity index (χ0) is 22.2. The molecule has 1 amide bonds. The number of nitrogens with one attached hydrogen (secondary N) is 1. The Bertz CT molecular complexity index is 1260. The predicted octanol–water partition coefficient (Wildman–Crippen LogP) is 4.70. The normalized spacial score (nSPS) is 15.9. The van der Waals surface area contributed by atoms with Gasteiger partial charge in [0.2, 0.25) is 11.7 Å². The molecule has 32 heavy (non-hydrogen) atoms. The van der Waals surface area contributed by atoms with Crippen LogP contribution in [0.4, 0.5) is 0 Å². The zero-order valence-corrected chi connectivity index (χ0v) is 18.8. The maximum absolute atomic E-state index is 13.1. The molecule has 0 saturated carbocycles. The number of hydrogen-bond acceptors (Lipinski definition) is 5.